The fourth-order valence-electron chi connectivity index (χ4n) is 2.45. The van der Waals surface area contributed by atoms with Crippen molar-refractivity contribution in [1.29, 1.82) is 0 Å². The summed E-state index contributed by atoms with van der Waals surface area (Å²) < 4.78 is 0. The molecule has 0 amide bonds. The van der Waals surface area contributed by atoms with Gasteiger partial charge in [-0.1, -0.05) is 19.8 Å². The van der Waals surface area contributed by atoms with E-state index in [1.165, 1.54) is 6.07 Å². The smallest absolute Gasteiger partial charge is 0.326 e. The Morgan fingerprint density at radius 3 is 3.00 bits per heavy atom. The topological polar surface area (TPSA) is 86.3 Å². The monoisotopic (exact) mass is 265 g/mol. The molecule has 6 nitrogen and oxygen atoms in total. The van der Waals surface area contributed by atoms with E-state index in [4.69, 9.17) is 0 Å². The Balaban J connectivity index is 2.38. The van der Waals surface area contributed by atoms with Crippen LogP contribution in [0.3, 0.4) is 0 Å². The highest BCUT2D eigenvalue weighted by Gasteiger charge is 2.28. The lowest BCUT2D eigenvalue weighted by molar-refractivity contribution is -0.138. The Kier molecular flexibility index (Phi) is 4.19. The van der Waals surface area contributed by atoms with Crippen molar-refractivity contribution >= 4 is 11.8 Å². The van der Waals surface area contributed by atoms with Gasteiger partial charge in [0.2, 0.25) is 0 Å². The van der Waals surface area contributed by atoms with Crippen LogP contribution in [0.4, 0.5) is 5.82 Å². The van der Waals surface area contributed by atoms with Gasteiger partial charge in [-0.2, -0.15) is 0 Å². The second-order valence-corrected chi connectivity index (χ2v) is 4.80. The number of H-pyrrole nitrogens is 1. The molecule has 1 saturated heterocycles. The van der Waals surface area contributed by atoms with Gasteiger partial charge in [0, 0.05) is 19.0 Å². The lowest BCUT2D eigenvalue weighted by Crippen LogP contribution is -2.42. The van der Waals surface area contributed by atoms with Gasteiger partial charge in [-0.05, 0) is 12.8 Å². The van der Waals surface area contributed by atoms with Crippen molar-refractivity contribution in [2.24, 2.45) is 0 Å². The molecule has 0 radical (unpaired) electrons. The van der Waals surface area contributed by atoms with Gasteiger partial charge >= 0.3 is 5.97 Å². The number of nitrogens with one attached hydrogen (secondary N) is 1. The summed E-state index contributed by atoms with van der Waals surface area (Å²) >= 11 is 0. The average Bonchev–Trinajstić information content (AvgIpc) is 2.63. The summed E-state index contributed by atoms with van der Waals surface area (Å²) in [5, 5.41) is 9.34. The van der Waals surface area contributed by atoms with Crippen LogP contribution in [0.5, 0.6) is 0 Å². The molecule has 1 unspecified atom stereocenters. The molecule has 104 valence electrons. The van der Waals surface area contributed by atoms with E-state index in [2.05, 4.69) is 9.97 Å². The number of hydrogen-bond acceptors (Lipinski definition) is 4. The zero-order chi connectivity index (χ0) is 13.8. The van der Waals surface area contributed by atoms with Crippen LogP contribution in [0.15, 0.2) is 10.9 Å². The molecule has 0 aliphatic carbocycles. The highest BCUT2D eigenvalue weighted by Crippen LogP contribution is 2.22. The van der Waals surface area contributed by atoms with E-state index in [1.807, 2.05) is 6.92 Å². The number of aromatic amines is 1. The number of nitrogens with zero attached hydrogens (tertiary/aromatic N) is 2. The van der Waals surface area contributed by atoms with E-state index in [0.29, 0.717) is 31.0 Å². The number of aryl methyl sites for hydroxylation is 1. The summed E-state index contributed by atoms with van der Waals surface area (Å²) in [5.74, 6) is 0.229. The molecule has 1 aromatic rings. The summed E-state index contributed by atoms with van der Waals surface area (Å²) in [7, 11) is 0. The lowest BCUT2D eigenvalue weighted by Gasteiger charge is -2.27. The largest absolute Gasteiger partial charge is 0.480 e. The van der Waals surface area contributed by atoms with Gasteiger partial charge in [0.15, 0.2) is 0 Å². The zero-order valence-corrected chi connectivity index (χ0v) is 11.1. The molecular formula is C13H19N3O3. The highest BCUT2D eigenvalue weighted by molar-refractivity contribution is 5.77. The fourth-order valence-corrected chi connectivity index (χ4v) is 2.45. The van der Waals surface area contributed by atoms with Gasteiger partial charge in [-0.15, -0.1) is 0 Å². The first kappa shape index (κ1) is 13.6. The van der Waals surface area contributed by atoms with Crippen molar-refractivity contribution in [2.75, 3.05) is 11.4 Å². The van der Waals surface area contributed by atoms with Crippen molar-refractivity contribution in [2.45, 2.75) is 45.1 Å². The molecule has 2 N–H and O–H groups in total. The molecule has 1 atom stereocenters. The van der Waals surface area contributed by atoms with Crippen LogP contribution in [-0.4, -0.2) is 33.6 Å². The quantitative estimate of drug-likeness (QED) is 0.856. The number of carbonyl (C=O) groups is 1. The molecule has 1 aliphatic rings. The number of carboxylic acid groups (broad SMARTS) is 1. The van der Waals surface area contributed by atoms with Crippen LogP contribution in [0.2, 0.25) is 0 Å². The molecule has 0 bridgehead atoms. The Morgan fingerprint density at radius 1 is 1.53 bits per heavy atom. The van der Waals surface area contributed by atoms with Gasteiger partial charge in [0.1, 0.15) is 17.7 Å². The Bertz CT molecular complexity index is 512. The standard InChI is InChI=1S/C13H19N3O3/c1-2-10-14-11(8-12(17)15-10)16-7-5-3-4-6-9(16)13(18)19/h8-9H,2-7H2,1H3,(H,18,19)(H,14,15,17). The maximum atomic E-state index is 11.6. The third-order valence-corrected chi connectivity index (χ3v) is 3.44. The average molecular weight is 265 g/mol. The van der Waals surface area contributed by atoms with Crippen molar-refractivity contribution < 1.29 is 9.90 Å². The van der Waals surface area contributed by atoms with E-state index < -0.39 is 12.0 Å². The molecule has 0 spiro atoms. The van der Waals surface area contributed by atoms with E-state index >= 15 is 0 Å². The number of rotatable bonds is 3. The molecule has 1 fully saturated rings. The molecule has 2 rings (SSSR count). The van der Waals surface area contributed by atoms with Gasteiger partial charge in [0.25, 0.3) is 5.56 Å². The van der Waals surface area contributed by atoms with Crippen molar-refractivity contribution in [3.63, 3.8) is 0 Å². The molecule has 0 saturated carbocycles. The van der Waals surface area contributed by atoms with Crippen molar-refractivity contribution in [3.05, 3.63) is 22.2 Å². The number of aliphatic carboxylic acids is 1. The maximum Gasteiger partial charge on any atom is 0.326 e. The number of anilines is 1. The summed E-state index contributed by atoms with van der Waals surface area (Å²) in [6.45, 7) is 2.54. The predicted octanol–water partition coefficient (Wildman–Crippen LogP) is 1.17. The first-order valence-corrected chi connectivity index (χ1v) is 6.71. The first-order chi connectivity index (χ1) is 9.11. The van der Waals surface area contributed by atoms with Crippen LogP contribution < -0.4 is 10.5 Å². The normalized spacial score (nSPS) is 20.1. The van der Waals surface area contributed by atoms with Gasteiger partial charge in [-0.25, -0.2) is 9.78 Å². The third-order valence-electron chi connectivity index (χ3n) is 3.44. The van der Waals surface area contributed by atoms with Crippen LogP contribution in [0.1, 0.15) is 38.4 Å². The first-order valence-electron chi connectivity index (χ1n) is 6.71. The maximum absolute atomic E-state index is 11.6. The summed E-state index contributed by atoms with van der Waals surface area (Å²) in [6, 6.07) is 0.807. The minimum atomic E-state index is -0.845. The number of carboxylic acids is 1. The van der Waals surface area contributed by atoms with Crippen molar-refractivity contribution in [1.82, 2.24) is 9.97 Å². The minimum Gasteiger partial charge on any atom is -0.480 e. The predicted molar refractivity (Wildman–Crippen MR) is 71.5 cm³/mol. The Labute approximate surface area is 111 Å². The van der Waals surface area contributed by atoms with E-state index in [0.717, 1.165) is 19.3 Å². The Hall–Kier alpha value is -1.85. The van der Waals surface area contributed by atoms with Crippen molar-refractivity contribution in [3.8, 4) is 0 Å². The minimum absolute atomic E-state index is 0.227. The lowest BCUT2D eigenvalue weighted by atomic mass is 10.1. The number of hydrogen-bond donors (Lipinski definition) is 2. The van der Waals surface area contributed by atoms with E-state index in [9.17, 15) is 14.7 Å². The fraction of sp³-hybridized carbons (Fsp3) is 0.615. The second kappa shape index (κ2) is 5.86. The van der Waals surface area contributed by atoms with E-state index in [1.54, 1.807) is 4.90 Å². The summed E-state index contributed by atoms with van der Waals surface area (Å²) in [5.41, 5.74) is -0.227. The second-order valence-electron chi connectivity index (χ2n) is 4.80. The molecule has 6 heteroatoms. The Morgan fingerprint density at radius 2 is 2.32 bits per heavy atom. The molecule has 2 heterocycles. The van der Waals surface area contributed by atoms with Crippen LogP contribution in [0, 0.1) is 0 Å². The third kappa shape index (κ3) is 3.13. The molecule has 1 aromatic heterocycles. The van der Waals surface area contributed by atoms with Crippen LogP contribution in [0.25, 0.3) is 0 Å². The molecule has 19 heavy (non-hydrogen) atoms. The van der Waals surface area contributed by atoms with E-state index in [-0.39, 0.29) is 5.56 Å². The molecule has 1 aliphatic heterocycles. The highest BCUT2D eigenvalue weighted by atomic mass is 16.4. The SMILES string of the molecule is CCc1nc(N2CCCCCC2C(=O)O)cc(=O)[nH]1. The summed E-state index contributed by atoms with van der Waals surface area (Å²) in [4.78, 5) is 31.7. The van der Waals surface area contributed by atoms with Crippen LogP contribution in [-0.2, 0) is 11.2 Å². The number of aromatic nitrogens is 2. The van der Waals surface area contributed by atoms with Gasteiger partial charge in [-0.3, -0.25) is 4.79 Å². The van der Waals surface area contributed by atoms with Gasteiger partial charge < -0.3 is 15.0 Å². The summed E-state index contributed by atoms with van der Waals surface area (Å²) in [6.07, 6.45) is 4.07. The molecular weight excluding hydrogens is 246 g/mol. The zero-order valence-electron chi connectivity index (χ0n) is 11.1. The van der Waals surface area contributed by atoms with Crippen LogP contribution >= 0.6 is 0 Å². The molecule has 0 aromatic carbocycles. The van der Waals surface area contributed by atoms with Gasteiger partial charge in [0.05, 0.1) is 0 Å².